The largest absolute Gasteiger partial charge is 0.467 e. The quantitative estimate of drug-likeness (QED) is 0.741. The molecule has 2 aliphatic rings. The number of aliphatic imine (C=N–C) groups is 1. The summed E-state index contributed by atoms with van der Waals surface area (Å²) in [5.41, 5.74) is 2.10. The first-order valence-corrected chi connectivity index (χ1v) is 8.73. The van der Waals surface area contributed by atoms with Crippen molar-refractivity contribution in [1.82, 2.24) is 14.7 Å². The summed E-state index contributed by atoms with van der Waals surface area (Å²) in [6.07, 6.45) is 4.00. The van der Waals surface area contributed by atoms with Crippen molar-refractivity contribution in [3.63, 3.8) is 0 Å². The van der Waals surface area contributed by atoms with Crippen LogP contribution in [0.4, 0.5) is 13.2 Å². The number of nitrogens with zero attached hydrogens (tertiary/aromatic N) is 4. The number of hydrogen-bond donors (Lipinski definition) is 0. The van der Waals surface area contributed by atoms with Crippen molar-refractivity contribution < 1.29 is 22.7 Å². The number of allylic oxidation sites excluding steroid dienone is 1. The summed E-state index contributed by atoms with van der Waals surface area (Å²) >= 11 is 0. The van der Waals surface area contributed by atoms with Gasteiger partial charge in [0.2, 0.25) is 0 Å². The third-order valence-electron chi connectivity index (χ3n) is 4.99. The Bertz CT molecular complexity index is 992. The highest BCUT2D eigenvalue weighted by Crippen LogP contribution is 2.36. The minimum absolute atomic E-state index is 0.199. The van der Waals surface area contributed by atoms with E-state index < -0.39 is 23.7 Å². The van der Waals surface area contributed by atoms with Crippen LogP contribution in [-0.2, 0) is 23.0 Å². The van der Waals surface area contributed by atoms with E-state index in [1.54, 1.807) is 18.0 Å². The van der Waals surface area contributed by atoms with E-state index >= 15 is 0 Å². The van der Waals surface area contributed by atoms with Gasteiger partial charge in [-0.25, -0.2) is 18.2 Å². The van der Waals surface area contributed by atoms with E-state index in [2.05, 4.69) is 10.1 Å². The molecular formula is C19H17F3N4O2. The molecule has 0 N–H and O–H groups in total. The number of aryl methyl sites for hydroxylation is 1. The molecule has 28 heavy (non-hydrogen) atoms. The zero-order chi connectivity index (χ0) is 20.0. The second-order valence-corrected chi connectivity index (χ2v) is 6.66. The Morgan fingerprint density at radius 1 is 1.25 bits per heavy atom. The van der Waals surface area contributed by atoms with Crippen LogP contribution in [0.5, 0.6) is 0 Å². The lowest BCUT2D eigenvalue weighted by Gasteiger charge is -2.34. The fraction of sp³-hybridized carbons (Fsp3) is 0.316. The lowest BCUT2D eigenvalue weighted by Crippen LogP contribution is -2.44. The molecule has 1 aromatic heterocycles. The predicted molar refractivity (Wildman–Crippen MR) is 94.9 cm³/mol. The Morgan fingerprint density at radius 3 is 2.61 bits per heavy atom. The summed E-state index contributed by atoms with van der Waals surface area (Å²) in [5, 5.41) is 4.46. The molecule has 1 aromatic carbocycles. The van der Waals surface area contributed by atoms with Gasteiger partial charge in [-0.2, -0.15) is 5.10 Å². The topological polar surface area (TPSA) is 59.7 Å². The van der Waals surface area contributed by atoms with E-state index in [4.69, 9.17) is 4.74 Å². The molecule has 0 saturated carbocycles. The number of halogens is 3. The Labute approximate surface area is 158 Å². The standard InChI is InChI=1S/C19H17F3N4O2/c1-10-16-12(4-6-26(10)19(27)18-23-5-3-7-28-18)17(25(2)24-16)11-8-13(20)15(22)14(21)9-11/h3,5,7-10,18H,4,6H2,1-2H3/t10-,18?/m0/s1. The molecule has 3 heterocycles. The van der Waals surface area contributed by atoms with Crippen molar-refractivity contribution in [2.45, 2.75) is 25.6 Å². The molecule has 6 nitrogen and oxygen atoms in total. The van der Waals surface area contributed by atoms with Gasteiger partial charge in [0, 0.05) is 30.9 Å². The van der Waals surface area contributed by atoms with Crippen LogP contribution in [0.2, 0.25) is 0 Å². The minimum Gasteiger partial charge on any atom is -0.467 e. The van der Waals surface area contributed by atoms with E-state index in [0.29, 0.717) is 24.4 Å². The minimum atomic E-state index is -1.51. The molecular weight excluding hydrogens is 373 g/mol. The van der Waals surface area contributed by atoms with E-state index in [1.807, 2.05) is 6.92 Å². The number of rotatable bonds is 2. The summed E-state index contributed by atoms with van der Waals surface area (Å²) in [7, 11) is 1.64. The third kappa shape index (κ3) is 2.87. The maximum absolute atomic E-state index is 13.7. The van der Waals surface area contributed by atoms with Crippen LogP contribution >= 0.6 is 0 Å². The predicted octanol–water partition coefficient (Wildman–Crippen LogP) is 2.89. The number of ether oxygens (including phenoxy) is 1. The molecule has 0 fully saturated rings. The van der Waals surface area contributed by atoms with Crippen LogP contribution in [0.1, 0.15) is 24.2 Å². The summed E-state index contributed by atoms with van der Waals surface area (Å²) < 4.78 is 47.5. The highest BCUT2D eigenvalue weighted by Gasteiger charge is 2.36. The maximum atomic E-state index is 13.7. The molecule has 0 saturated heterocycles. The molecule has 146 valence electrons. The zero-order valence-electron chi connectivity index (χ0n) is 15.2. The molecule has 1 unspecified atom stereocenters. The van der Waals surface area contributed by atoms with E-state index in [1.165, 1.54) is 17.2 Å². The Kier molecular flexibility index (Phi) is 4.44. The number of fused-ring (bicyclic) bond motifs is 1. The first-order chi connectivity index (χ1) is 13.4. The van der Waals surface area contributed by atoms with E-state index in [9.17, 15) is 18.0 Å². The summed E-state index contributed by atoms with van der Waals surface area (Å²) in [4.78, 5) is 18.4. The molecule has 2 atom stereocenters. The smallest absolute Gasteiger partial charge is 0.287 e. The van der Waals surface area contributed by atoms with Crippen LogP contribution in [0.3, 0.4) is 0 Å². The monoisotopic (exact) mass is 390 g/mol. The number of carbonyl (C=O) groups excluding carboxylic acids is 1. The van der Waals surface area contributed by atoms with Crippen molar-refractivity contribution in [3.05, 3.63) is 53.2 Å². The summed E-state index contributed by atoms with van der Waals surface area (Å²) in [5.74, 6) is -4.31. The number of carbonyl (C=O) groups is 1. The lowest BCUT2D eigenvalue weighted by molar-refractivity contribution is -0.143. The van der Waals surface area contributed by atoms with Crippen LogP contribution in [-0.4, -0.2) is 39.6 Å². The fourth-order valence-electron chi connectivity index (χ4n) is 3.68. The Morgan fingerprint density at radius 2 is 1.96 bits per heavy atom. The van der Waals surface area contributed by atoms with Gasteiger partial charge >= 0.3 is 0 Å². The summed E-state index contributed by atoms with van der Waals surface area (Å²) in [6.45, 7) is 2.19. The molecule has 1 amide bonds. The van der Waals surface area contributed by atoms with Crippen molar-refractivity contribution in [2.24, 2.45) is 12.0 Å². The Balaban J connectivity index is 1.69. The second kappa shape index (κ2) is 6.81. The average molecular weight is 390 g/mol. The molecule has 0 aliphatic carbocycles. The van der Waals surface area contributed by atoms with Gasteiger partial charge < -0.3 is 9.64 Å². The fourth-order valence-corrected chi connectivity index (χ4v) is 3.68. The molecule has 0 bridgehead atoms. The van der Waals surface area contributed by atoms with E-state index in [0.717, 1.165) is 17.7 Å². The van der Waals surface area contributed by atoms with Gasteiger partial charge in [-0.1, -0.05) is 0 Å². The van der Waals surface area contributed by atoms with Crippen LogP contribution in [0.25, 0.3) is 11.3 Å². The van der Waals surface area contributed by atoms with Crippen molar-refractivity contribution in [2.75, 3.05) is 6.54 Å². The number of aromatic nitrogens is 2. The lowest BCUT2D eigenvalue weighted by atomic mass is 9.95. The van der Waals surface area contributed by atoms with E-state index in [-0.39, 0.29) is 17.5 Å². The van der Waals surface area contributed by atoms with Crippen LogP contribution in [0, 0.1) is 17.5 Å². The number of amides is 1. The molecule has 2 aliphatic heterocycles. The highest BCUT2D eigenvalue weighted by atomic mass is 19.2. The molecule has 0 radical (unpaired) electrons. The van der Waals surface area contributed by atoms with Gasteiger partial charge in [0.25, 0.3) is 12.1 Å². The maximum Gasteiger partial charge on any atom is 0.287 e. The van der Waals surface area contributed by atoms with Crippen molar-refractivity contribution in [1.29, 1.82) is 0 Å². The number of hydrogen-bond acceptors (Lipinski definition) is 4. The molecule has 4 rings (SSSR count). The second-order valence-electron chi connectivity index (χ2n) is 6.66. The Hall–Kier alpha value is -3.10. The SMILES string of the molecule is C[C@H]1c2nn(C)c(-c3cc(F)c(F)c(F)c3)c2CCN1C(=O)C1N=CC=CO1. The van der Waals surface area contributed by atoms with Gasteiger partial charge in [0.1, 0.15) is 0 Å². The molecule has 2 aromatic rings. The number of benzene rings is 1. The highest BCUT2D eigenvalue weighted by molar-refractivity contribution is 5.85. The van der Waals surface area contributed by atoms with Crippen molar-refractivity contribution in [3.8, 4) is 11.3 Å². The first kappa shape index (κ1) is 18.3. The first-order valence-electron chi connectivity index (χ1n) is 8.73. The van der Waals surface area contributed by atoms with Crippen LogP contribution in [0.15, 0.2) is 29.5 Å². The zero-order valence-corrected chi connectivity index (χ0v) is 15.2. The van der Waals surface area contributed by atoms with Gasteiger partial charge in [0.15, 0.2) is 17.5 Å². The average Bonchev–Trinajstić information content (AvgIpc) is 3.03. The van der Waals surface area contributed by atoms with Gasteiger partial charge in [0.05, 0.1) is 23.7 Å². The van der Waals surface area contributed by atoms with Gasteiger partial charge in [-0.15, -0.1) is 0 Å². The van der Waals surface area contributed by atoms with Crippen LogP contribution < -0.4 is 0 Å². The molecule has 9 heteroatoms. The molecule has 0 spiro atoms. The van der Waals surface area contributed by atoms with Gasteiger partial charge in [-0.3, -0.25) is 9.48 Å². The third-order valence-corrected chi connectivity index (χ3v) is 4.99. The van der Waals surface area contributed by atoms with Crippen molar-refractivity contribution >= 4 is 12.1 Å². The summed E-state index contributed by atoms with van der Waals surface area (Å²) in [6, 6.07) is 1.53. The normalized spacial score (nSPS) is 20.8. The van der Waals surface area contributed by atoms with Gasteiger partial charge in [-0.05, 0) is 31.6 Å².